The van der Waals surface area contributed by atoms with Crippen molar-refractivity contribution in [2.24, 2.45) is 0 Å². The van der Waals surface area contributed by atoms with Crippen LogP contribution in [0, 0.1) is 0 Å². The Labute approximate surface area is 351 Å². The van der Waals surface area contributed by atoms with Crippen molar-refractivity contribution >= 4 is 16.3 Å². The normalized spacial score (nSPS) is 49.3. The van der Waals surface area contributed by atoms with E-state index in [9.17, 15) is 89.3 Å². The lowest BCUT2D eigenvalue weighted by Gasteiger charge is -2.52. The summed E-state index contributed by atoms with van der Waals surface area (Å²) in [6.45, 7) is -1.95. The molecule has 362 valence electrons. The Kier molecular flexibility index (Phi) is 17.7. The smallest absolute Gasteiger partial charge is 0.394 e. The predicted octanol–water partition coefficient (Wildman–Crippen LogP) is -10.9. The number of aliphatic hydroxyl groups is 14. The van der Waals surface area contributed by atoms with E-state index in [1.807, 2.05) is 0 Å². The molecule has 0 aliphatic carbocycles. The first kappa shape index (κ1) is 51.4. The lowest BCUT2D eigenvalue weighted by atomic mass is 9.94. The maximum atomic E-state index is 12.2. The minimum Gasteiger partial charge on any atom is -0.394 e. The highest BCUT2D eigenvalue weighted by atomic mass is 32.3. The number of rotatable bonds is 15. The Morgan fingerprint density at radius 1 is 0.500 bits per heavy atom. The second-order valence-electron chi connectivity index (χ2n) is 15.2. The first-order valence-electron chi connectivity index (χ1n) is 19.1. The zero-order chi connectivity index (χ0) is 46.1. The molecular weight excluding hydrogens is 878 g/mol. The minimum absolute atomic E-state index is 0.808. The molecular formula is C32H55NO28S. The lowest BCUT2D eigenvalue weighted by molar-refractivity contribution is -0.415. The Morgan fingerprint density at radius 3 is 1.48 bits per heavy atom. The Hall–Kier alpha value is -1.58. The van der Waals surface area contributed by atoms with Crippen molar-refractivity contribution in [2.75, 3.05) is 26.4 Å². The second-order valence-corrected chi connectivity index (χ2v) is 16.2. The zero-order valence-corrected chi connectivity index (χ0v) is 33.5. The number of aliphatic hydroxyl groups excluding tert-OH is 14. The number of hydrogen-bond acceptors (Lipinski definition) is 27. The molecule has 0 spiro atoms. The quantitative estimate of drug-likeness (QED) is 0.0678. The number of hydrogen-bond donors (Lipinski definition) is 16. The monoisotopic (exact) mass is 933 g/mol. The molecule has 5 heterocycles. The molecule has 0 unspecified atom stereocenters. The van der Waals surface area contributed by atoms with Gasteiger partial charge < -0.3 is 119 Å². The molecule has 5 aliphatic heterocycles. The molecule has 62 heavy (non-hydrogen) atoms. The largest absolute Gasteiger partial charge is 0.397 e. The number of ether oxygens (including phenoxy) is 9. The van der Waals surface area contributed by atoms with Crippen LogP contribution < -0.4 is 5.32 Å². The summed E-state index contributed by atoms with van der Waals surface area (Å²) in [6, 6.07) is -1.69. The minimum atomic E-state index is -5.45. The van der Waals surface area contributed by atoms with Gasteiger partial charge in [-0.3, -0.25) is 9.35 Å². The highest BCUT2D eigenvalue weighted by Gasteiger charge is 2.59. The number of carbonyl (C=O) groups excluding carboxylic acids is 1. The van der Waals surface area contributed by atoms with Crippen molar-refractivity contribution in [3.05, 3.63) is 0 Å². The summed E-state index contributed by atoms with van der Waals surface area (Å²) in [5.74, 6) is -0.808. The van der Waals surface area contributed by atoms with E-state index in [1.165, 1.54) is 6.92 Å². The van der Waals surface area contributed by atoms with E-state index in [0.29, 0.717) is 0 Å². The van der Waals surface area contributed by atoms with Crippen LogP contribution in [0.2, 0.25) is 0 Å². The fourth-order valence-electron chi connectivity index (χ4n) is 7.58. The molecule has 0 aromatic carbocycles. The third-order valence-electron chi connectivity index (χ3n) is 10.9. The second kappa shape index (κ2) is 21.4. The van der Waals surface area contributed by atoms with Gasteiger partial charge in [-0.05, 0) is 6.92 Å². The third kappa shape index (κ3) is 11.2. The summed E-state index contributed by atoms with van der Waals surface area (Å²) in [5.41, 5.74) is 0. The van der Waals surface area contributed by atoms with Crippen LogP contribution in [-0.2, 0) is 62.0 Å². The van der Waals surface area contributed by atoms with Crippen LogP contribution in [-0.4, -0.2) is 270 Å². The standard InChI is InChI=1S/C32H55NO28S/c1-7-14(39)18(43)20(45)29(52-7)60-27-26(59-30-21(46)19(44)15(40)9(3-34)54-30)23(57-31-22(47)25(61-62(49,50)51)17(42)11(5-36)55-31)12(6-37)56-32(27)58-24-13(33-8(2)38)28(48)53-10(4-35)16(24)41/h7,9-32,34-37,39-48H,3-6H2,1-2H3,(H,33,38)(H,49,50,51)/t7-,9+,10+,11+,12+,13+,14+,15-,16-,17-,18+,19-,20-,21+,22+,23-,24+,25-,26-,27+,28+,29-,30-,31-,32-/m0/s1. The number of nitrogens with one attached hydrogen (secondary N) is 1. The van der Waals surface area contributed by atoms with Gasteiger partial charge in [0.25, 0.3) is 0 Å². The number of carbonyl (C=O) groups is 1. The molecule has 0 bridgehead atoms. The highest BCUT2D eigenvalue weighted by Crippen LogP contribution is 2.38. The van der Waals surface area contributed by atoms with Gasteiger partial charge in [0.15, 0.2) is 31.5 Å². The maximum absolute atomic E-state index is 12.2. The third-order valence-corrected chi connectivity index (χ3v) is 11.4. The first-order chi connectivity index (χ1) is 29.1. The van der Waals surface area contributed by atoms with E-state index in [-0.39, 0.29) is 0 Å². The van der Waals surface area contributed by atoms with Crippen molar-refractivity contribution in [3.63, 3.8) is 0 Å². The lowest BCUT2D eigenvalue weighted by Crippen LogP contribution is -2.71. The molecule has 0 aromatic rings. The molecule has 0 saturated carbocycles. The molecule has 5 saturated heterocycles. The molecule has 0 aromatic heterocycles. The molecule has 5 aliphatic rings. The van der Waals surface area contributed by atoms with E-state index in [2.05, 4.69) is 9.50 Å². The summed E-state index contributed by atoms with van der Waals surface area (Å²) in [4.78, 5) is 12.2. The molecule has 0 radical (unpaired) electrons. The van der Waals surface area contributed by atoms with Crippen molar-refractivity contribution < 1.29 is 136 Å². The predicted molar refractivity (Wildman–Crippen MR) is 187 cm³/mol. The van der Waals surface area contributed by atoms with Crippen LogP contribution in [0.1, 0.15) is 13.8 Å². The fourth-order valence-corrected chi connectivity index (χ4v) is 8.09. The van der Waals surface area contributed by atoms with Crippen LogP contribution in [0.3, 0.4) is 0 Å². The van der Waals surface area contributed by atoms with Gasteiger partial charge in [0.2, 0.25) is 5.91 Å². The summed E-state index contributed by atoms with van der Waals surface area (Å²) >= 11 is 0. The van der Waals surface area contributed by atoms with Gasteiger partial charge in [0.05, 0.1) is 32.5 Å². The van der Waals surface area contributed by atoms with Gasteiger partial charge in [-0.25, -0.2) is 4.18 Å². The maximum Gasteiger partial charge on any atom is 0.397 e. The first-order valence-corrected chi connectivity index (χ1v) is 20.5. The summed E-state index contributed by atoms with van der Waals surface area (Å²) in [7, 11) is -5.45. The zero-order valence-electron chi connectivity index (χ0n) is 32.7. The van der Waals surface area contributed by atoms with Crippen molar-refractivity contribution in [1.82, 2.24) is 5.32 Å². The van der Waals surface area contributed by atoms with E-state index in [4.69, 9.17) is 42.6 Å². The van der Waals surface area contributed by atoms with Gasteiger partial charge in [-0.15, -0.1) is 0 Å². The van der Waals surface area contributed by atoms with E-state index in [0.717, 1.165) is 6.92 Å². The topological polar surface area (TPSA) is 459 Å². The highest BCUT2D eigenvalue weighted by molar-refractivity contribution is 7.80. The molecule has 16 N–H and O–H groups in total. The van der Waals surface area contributed by atoms with Gasteiger partial charge in [-0.1, -0.05) is 0 Å². The van der Waals surface area contributed by atoms with Crippen molar-refractivity contribution in [2.45, 2.75) is 167 Å². The molecule has 5 fully saturated rings. The average molecular weight is 934 g/mol. The average Bonchev–Trinajstić information content (AvgIpc) is 3.22. The fraction of sp³-hybridized carbons (Fsp3) is 0.969. The van der Waals surface area contributed by atoms with Gasteiger partial charge >= 0.3 is 10.4 Å². The molecule has 1 amide bonds. The number of amides is 1. The Balaban J connectivity index is 1.65. The van der Waals surface area contributed by atoms with Gasteiger partial charge in [0.1, 0.15) is 116 Å². The van der Waals surface area contributed by atoms with Gasteiger partial charge in [-0.2, -0.15) is 8.42 Å². The summed E-state index contributed by atoms with van der Waals surface area (Å²) in [6.07, 6.45) is -48.3. The van der Waals surface area contributed by atoms with Gasteiger partial charge in [0, 0.05) is 6.92 Å². The molecule has 5 rings (SSSR count). The van der Waals surface area contributed by atoms with Crippen LogP contribution in [0.4, 0.5) is 0 Å². The van der Waals surface area contributed by atoms with E-state index >= 15 is 0 Å². The van der Waals surface area contributed by atoms with E-state index < -0.39 is 196 Å². The van der Waals surface area contributed by atoms with Crippen LogP contribution >= 0.6 is 0 Å². The molecule has 29 nitrogen and oxygen atoms in total. The van der Waals surface area contributed by atoms with Crippen LogP contribution in [0.25, 0.3) is 0 Å². The van der Waals surface area contributed by atoms with Crippen LogP contribution in [0.15, 0.2) is 0 Å². The van der Waals surface area contributed by atoms with E-state index in [1.54, 1.807) is 0 Å². The van der Waals surface area contributed by atoms with Crippen LogP contribution in [0.5, 0.6) is 0 Å². The SMILES string of the molecule is CC(=O)N[C@@H]1[C@@H](O[C@@H]2O[C@H](CO)[C@H](O[C@@H]3O[C@H](CO)[C@H](O)[C@H](OS(=O)(=O)O)[C@H]3O)[C@H](O[C@@H]3O[C@H](CO)[C@H](O)[C@H](O)[C@H]3O)[C@H]2O[C@@H]2O[C@@H](C)[C@@H](O)[C@@H](O)[C@@H]2O)[C@@H](O)[C@@H](CO)O[C@H]1O. The van der Waals surface area contributed by atoms with Crippen molar-refractivity contribution in [3.8, 4) is 0 Å². The Bertz CT molecular complexity index is 1550. The molecule has 25 atom stereocenters. The summed E-state index contributed by atoms with van der Waals surface area (Å²) in [5, 5.41) is 151. The summed E-state index contributed by atoms with van der Waals surface area (Å²) < 4.78 is 89.3. The Morgan fingerprint density at radius 2 is 0.935 bits per heavy atom. The van der Waals surface area contributed by atoms with Crippen molar-refractivity contribution in [1.29, 1.82) is 0 Å². The molecule has 30 heteroatoms.